The van der Waals surface area contributed by atoms with Gasteiger partial charge in [0.25, 0.3) is 0 Å². The van der Waals surface area contributed by atoms with Gasteiger partial charge < -0.3 is 9.47 Å². The van der Waals surface area contributed by atoms with Crippen molar-refractivity contribution in [3.63, 3.8) is 0 Å². The molecule has 3 unspecified atom stereocenters. The molecule has 1 saturated heterocycles. The summed E-state index contributed by atoms with van der Waals surface area (Å²) in [7, 11) is 0. The van der Waals surface area contributed by atoms with Crippen molar-refractivity contribution >= 4 is 16.9 Å². The molecule has 0 N–H and O–H groups in total. The van der Waals surface area contributed by atoms with Gasteiger partial charge in [0.2, 0.25) is 0 Å². The fourth-order valence-corrected chi connectivity index (χ4v) is 4.57. The average Bonchev–Trinajstić information content (AvgIpc) is 3.03. The minimum Gasteiger partial charge on any atom is -0.353 e. The van der Waals surface area contributed by atoms with E-state index >= 15 is 0 Å². The van der Waals surface area contributed by atoms with Gasteiger partial charge in [0.1, 0.15) is 0 Å². The Morgan fingerprint density at radius 3 is 3.00 bits per heavy atom. The summed E-state index contributed by atoms with van der Waals surface area (Å²) in [5.41, 5.74) is 0.173. The van der Waals surface area contributed by atoms with Crippen LogP contribution in [0.15, 0.2) is 35.2 Å². The van der Waals surface area contributed by atoms with Crippen molar-refractivity contribution in [2.45, 2.75) is 62.7 Å². The molecule has 0 bridgehead atoms. The summed E-state index contributed by atoms with van der Waals surface area (Å²) in [6, 6.07) is 9.89. The lowest BCUT2D eigenvalue weighted by molar-refractivity contribution is -0.131. The van der Waals surface area contributed by atoms with Gasteiger partial charge in [-0.3, -0.25) is 4.79 Å². The third kappa shape index (κ3) is 3.55. The van der Waals surface area contributed by atoms with Crippen LogP contribution in [0.3, 0.4) is 0 Å². The Morgan fingerprint density at radius 1 is 1.41 bits per heavy atom. The molecule has 2 fully saturated rings. The minimum absolute atomic E-state index is 0.0628. The second kappa shape index (κ2) is 7.16. The second-order valence-electron chi connectivity index (χ2n) is 6.26. The number of carbonyl (C=O) groups is 1. The van der Waals surface area contributed by atoms with Crippen molar-refractivity contribution in [1.82, 2.24) is 0 Å². The number of thioether (sulfide) groups is 1. The van der Waals surface area contributed by atoms with Crippen molar-refractivity contribution in [3.8, 4) is 0 Å². The predicted octanol–water partition coefficient (Wildman–Crippen LogP) is 4.41. The van der Waals surface area contributed by atoms with Crippen molar-refractivity contribution in [2.75, 3.05) is 6.61 Å². The third-order valence-corrected chi connectivity index (χ3v) is 5.81. The summed E-state index contributed by atoms with van der Waals surface area (Å²) in [4.78, 5) is 13.3. The van der Waals surface area contributed by atoms with Gasteiger partial charge >= 0.3 is 0 Å². The standard InChI is InChI=1S/C18H24O3S/c1-2-20-17-13-18(11-6-9-15(18)21-17)12-10-16(19)22-14-7-4-3-5-8-14/h3-5,7-8,15,17H,2,6,9-13H2,1H3. The van der Waals surface area contributed by atoms with E-state index in [1.54, 1.807) is 0 Å². The smallest absolute Gasteiger partial charge is 0.193 e. The Bertz CT molecular complexity index is 504. The van der Waals surface area contributed by atoms with Crippen LogP contribution < -0.4 is 0 Å². The molecule has 4 heteroatoms. The number of fused-ring (bicyclic) bond motifs is 1. The first-order valence-electron chi connectivity index (χ1n) is 8.25. The summed E-state index contributed by atoms with van der Waals surface area (Å²) in [6.45, 7) is 2.69. The summed E-state index contributed by atoms with van der Waals surface area (Å²) in [5, 5.41) is 0.256. The van der Waals surface area contributed by atoms with Crippen LogP contribution in [-0.2, 0) is 14.3 Å². The van der Waals surface area contributed by atoms with Crippen LogP contribution in [0, 0.1) is 5.41 Å². The summed E-state index contributed by atoms with van der Waals surface area (Å²) in [5.74, 6) is 0. The van der Waals surface area contributed by atoms with E-state index in [-0.39, 0.29) is 16.8 Å². The Balaban J connectivity index is 1.54. The first kappa shape index (κ1) is 16.0. The maximum Gasteiger partial charge on any atom is 0.193 e. The maximum atomic E-state index is 12.3. The minimum atomic E-state index is -0.0628. The maximum absolute atomic E-state index is 12.3. The molecule has 1 saturated carbocycles. The molecule has 0 radical (unpaired) electrons. The van der Waals surface area contributed by atoms with Gasteiger partial charge in [0.05, 0.1) is 6.10 Å². The zero-order valence-corrected chi connectivity index (χ0v) is 13.9. The van der Waals surface area contributed by atoms with Crippen molar-refractivity contribution in [1.29, 1.82) is 0 Å². The first-order valence-corrected chi connectivity index (χ1v) is 9.06. The molecule has 1 heterocycles. The first-order chi connectivity index (χ1) is 10.7. The number of rotatable bonds is 6. The van der Waals surface area contributed by atoms with Gasteiger partial charge in [0.15, 0.2) is 11.4 Å². The number of hydrogen-bond donors (Lipinski definition) is 0. The molecule has 1 aromatic rings. The third-order valence-electron chi connectivity index (χ3n) is 4.87. The molecule has 0 amide bonds. The Labute approximate surface area is 136 Å². The fourth-order valence-electron chi connectivity index (χ4n) is 3.81. The van der Waals surface area contributed by atoms with Gasteiger partial charge in [0, 0.05) is 29.8 Å². The SMILES string of the molecule is CCOC1CC2(CCC(=O)Sc3ccccc3)CCCC2O1. The van der Waals surface area contributed by atoms with E-state index in [1.165, 1.54) is 24.6 Å². The number of ether oxygens (including phenoxy) is 2. The normalized spacial score (nSPS) is 30.4. The number of hydrogen-bond acceptors (Lipinski definition) is 4. The van der Waals surface area contributed by atoms with Crippen LogP contribution in [0.1, 0.15) is 45.4 Å². The van der Waals surface area contributed by atoms with Crippen molar-refractivity contribution in [3.05, 3.63) is 30.3 Å². The van der Waals surface area contributed by atoms with Crippen molar-refractivity contribution in [2.24, 2.45) is 5.41 Å². The number of benzene rings is 1. The monoisotopic (exact) mass is 320 g/mol. The zero-order chi connectivity index (χ0) is 15.4. The molecule has 1 aliphatic carbocycles. The predicted molar refractivity (Wildman–Crippen MR) is 87.7 cm³/mol. The van der Waals surface area contributed by atoms with E-state index in [2.05, 4.69) is 0 Å². The van der Waals surface area contributed by atoms with Crippen LogP contribution in [0.4, 0.5) is 0 Å². The van der Waals surface area contributed by atoms with Crippen LogP contribution in [0.2, 0.25) is 0 Å². The fraction of sp³-hybridized carbons (Fsp3) is 0.611. The molecule has 2 aliphatic rings. The molecule has 120 valence electrons. The van der Waals surface area contributed by atoms with E-state index < -0.39 is 0 Å². The van der Waals surface area contributed by atoms with Gasteiger partial charge in [-0.05, 0) is 38.3 Å². The molecule has 0 aromatic heterocycles. The van der Waals surface area contributed by atoms with E-state index in [9.17, 15) is 4.79 Å². The Kier molecular flexibility index (Phi) is 5.21. The quantitative estimate of drug-likeness (QED) is 0.727. The summed E-state index contributed by atoms with van der Waals surface area (Å²) in [6.07, 6.45) is 6.23. The highest BCUT2D eigenvalue weighted by atomic mass is 32.2. The number of carbonyl (C=O) groups excluding carboxylic acids is 1. The van der Waals surface area contributed by atoms with Crippen molar-refractivity contribution < 1.29 is 14.3 Å². The van der Waals surface area contributed by atoms with E-state index in [0.29, 0.717) is 19.1 Å². The van der Waals surface area contributed by atoms with Crippen LogP contribution >= 0.6 is 11.8 Å². The topological polar surface area (TPSA) is 35.5 Å². The molecule has 3 atom stereocenters. The van der Waals surface area contributed by atoms with Gasteiger partial charge in [-0.15, -0.1) is 0 Å². The highest BCUT2D eigenvalue weighted by Crippen LogP contribution is 2.53. The lowest BCUT2D eigenvalue weighted by atomic mass is 9.78. The molecule has 1 aromatic carbocycles. The van der Waals surface area contributed by atoms with Gasteiger partial charge in [-0.2, -0.15) is 0 Å². The van der Waals surface area contributed by atoms with Crippen LogP contribution in [0.5, 0.6) is 0 Å². The van der Waals surface area contributed by atoms with Gasteiger partial charge in [-0.25, -0.2) is 0 Å². The molecular formula is C18H24O3S. The molecule has 22 heavy (non-hydrogen) atoms. The summed E-state index contributed by atoms with van der Waals surface area (Å²) < 4.78 is 11.7. The largest absolute Gasteiger partial charge is 0.353 e. The molecule has 3 nitrogen and oxygen atoms in total. The highest BCUT2D eigenvalue weighted by Gasteiger charge is 2.51. The lowest BCUT2D eigenvalue weighted by Crippen LogP contribution is -2.25. The van der Waals surface area contributed by atoms with Crippen LogP contribution in [-0.4, -0.2) is 24.1 Å². The highest BCUT2D eigenvalue weighted by molar-refractivity contribution is 8.13. The lowest BCUT2D eigenvalue weighted by Gasteiger charge is -2.26. The molecular weight excluding hydrogens is 296 g/mol. The second-order valence-corrected chi connectivity index (χ2v) is 7.39. The van der Waals surface area contributed by atoms with E-state index in [0.717, 1.165) is 24.2 Å². The Hall–Kier alpha value is -0.840. The Morgan fingerprint density at radius 2 is 2.23 bits per heavy atom. The molecule has 0 spiro atoms. The summed E-state index contributed by atoms with van der Waals surface area (Å²) >= 11 is 1.36. The molecule has 1 aliphatic heterocycles. The van der Waals surface area contributed by atoms with E-state index in [4.69, 9.17) is 9.47 Å². The van der Waals surface area contributed by atoms with E-state index in [1.807, 2.05) is 37.3 Å². The zero-order valence-electron chi connectivity index (χ0n) is 13.1. The molecule has 3 rings (SSSR count). The average molecular weight is 320 g/mol. The van der Waals surface area contributed by atoms with Gasteiger partial charge in [-0.1, -0.05) is 36.4 Å². The van der Waals surface area contributed by atoms with Crippen LogP contribution in [0.25, 0.3) is 0 Å².